The maximum atomic E-state index is 13.2. The fourth-order valence-electron chi connectivity index (χ4n) is 1.74. The first-order valence-corrected chi connectivity index (χ1v) is 6.50. The first-order valence-electron chi connectivity index (χ1n) is 5.74. The van der Waals surface area contributed by atoms with E-state index in [0.717, 1.165) is 0 Å². The summed E-state index contributed by atoms with van der Waals surface area (Å²) < 4.78 is 13.2. The first-order chi connectivity index (χ1) is 9.49. The van der Waals surface area contributed by atoms with Crippen LogP contribution in [-0.4, -0.2) is 5.91 Å². The summed E-state index contributed by atoms with van der Waals surface area (Å²) in [5.74, 6) is -1.18. The molecule has 3 nitrogen and oxygen atoms in total. The van der Waals surface area contributed by atoms with Crippen LogP contribution in [0.1, 0.15) is 11.6 Å². The van der Waals surface area contributed by atoms with Crippen molar-refractivity contribution in [1.82, 2.24) is 0 Å². The summed E-state index contributed by atoms with van der Waals surface area (Å²) in [4.78, 5) is 11.6. The molecule has 0 aromatic heterocycles. The molecule has 3 N–H and O–H groups in total. The van der Waals surface area contributed by atoms with E-state index < -0.39 is 17.8 Å². The van der Waals surface area contributed by atoms with E-state index in [4.69, 9.17) is 28.9 Å². The van der Waals surface area contributed by atoms with Crippen molar-refractivity contribution in [3.05, 3.63) is 63.9 Å². The van der Waals surface area contributed by atoms with Crippen LogP contribution in [0.2, 0.25) is 10.0 Å². The average Bonchev–Trinajstić information content (AvgIpc) is 2.41. The number of nitrogens with one attached hydrogen (secondary N) is 1. The van der Waals surface area contributed by atoms with Gasteiger partial charge in [0.05, 0.1) is 15.7 Å². The summed E-state index contributed by atoms with van der Waals surface area (Å²) >= 11 is 11.7. The quantitative estimate of drug-likeness (QED) is 0.903. The highest BCUT2D eigenvalue weighted by atomic mass is 35.5. The van der Waals surface area contributed by atoms with Crippen molar-refractivity contribution in [3.8, 4) is 0 Å². The number of benzene rings is 2. The van der Waals surface area contributed by atoms with Gasteiger partial charge in [-0.15, -0.1) is 0 Å². The summed E-state index contributed by atoms with van der Waals surface area (Å²) in [6, 6.07) is 10.1. The number of nitrogens with two attached hydrogens (primary N) is 1. The van der Waals surface area contributed by atoms with E-state index in [0.29, 0.717) is 16.3 Å². The van der Waals surface area contributed by atoms with Gasteiger partial charge in [0.25, 0.3) is 0 Å². The molecule has 0 fully saturated rings. The zero-order valence-corrected chi connectivity index (χ0v) is 11.8. The molecule has 6 heteroatoms. The molecule has 1 atom stereocenters. The molecular formula is C14H11Cl2FN2O. The van der Waals surface area contributed by atoms with E-state index in [9.17, 15) is 9.18 Å². The van der Waals surface area contributed by atoms with Crippen molar-refractivity contribution in [2.75, 3.05) is 5.32 Å². The molecule has 0 radical (unpaired) electrons. The van der Waals surface area contributed by atoms with Gasteiger partial charge in [-0.1, -0.05) is 41.4 Å². The maximum Gasteiger partial charge on any atom is 0.244 e. The number of carbonyl (C=O) groups is 1. The molecule has 0 heterocycles. The number of para-hydroxylation sites is 1. The van der Waals surface area contributed by atoms with E-state index in [1.54, 1.807) is 24.3 Å². The van der Waals surface area contributed by atoms with Crippen LogP contribution in [-0.2, 0) is 4.79 Å². The van der Waals surface area contributed by atoms with Gasteiger partial charge in [-0.25, -0.2) is 4.39 Å². The van der Waals surface area contributed by atoms with Gasteiger partial charge in [-0.05, 0) is 29.8 Å². The fourth-order valence-corrected chi connectivity index (χ4v) is 2.12. The van der Waals surface area contributed by atoms with E-state index >= 15 is 0 Å². The minimum Gasteiger partial charge on any atom is -0.369 e. The highest BCUT2D eigenvalue weighted by molar-refractivity contribution is 6.33. The molecule has 1 unspecified atom stereocenters. The van der Waals surface area contributed by atoms with E-state index in [1.807, 2.05) is 0 Å². The Hall–Kier alpha value is -1.78. The van der Waals surface area contributed by atoms with Crippen molar-refractivity contribution in [3.63, 3.8) is 0 Å². The molecule has 0 spiro atoms. The lowest BCUT2D eigenvalue weighted by atomic mass is 10.1. The summed E-state index contributed by atoms with van der Waals surface area (Å²) in [5, 5.41) is 3.30. The molecule has 0 aliphatic heterocycles. The van der Waals surface area contributed by atoms with E-state index in [1.165, 1.54) is 18.2 Å². The van der Waals surface area contributed by atoms with Gasteiger partial charge in [-0.3, -0.25) is 4.79 Å². The third-order valence-electron chi connectivity index (χ3n) is 2.74. The second kappa shape index (κ2) is 6.11. The molecule has 1 amide bonds. The topological polar surface area (TPSA) is 55.1 Å². The molecule has 0 saturated heterocycles. The molecule has 2 aromatic rings. The Morgan fingerprint density at radius 3 is 2.45 bits per heavy atom. The number of carbonyl (C=O) groups excluding carboxylic acids is 1. The van der Waals surface area contributed by atoms with Gasteiger partial charge in [0.2, 0.25) is 5.91 Å². The van der Waals surface area contributed by atoms with Crippen LogP contribution in [0.5, 0.6) is 0 Å². The number of primary amides is 1. The second-order valence-corrected chi connectivity index (χ2v) is 4.95. The van der Waals surface area contributed by atoms with Crippen molar-refractivity contribution in [2.45, 2.75) is 6.04 Å². The molecule has 20 heavy (non-hydrogen) atoms. The van der Waals surface area contributed by atoms with Crippen molar-refractivity contribution in [1.29, 1.82) is 0 Å². The molecule has 104 valence electrons. The van der Waals surface area contributed by atoms with E-state index in [2.05, 4.69) is 5.32 Å². The van der Waals surface area contributed by atoms with Crippen LogP contribution in [0.3, 0.4) is 0 Å². The van der Waals surface area contributed by atoms with Crippen LogP contribution in [0.25, 0.3) is 0 Å². The van der Waals surface area contributed by atoms with Gasteiger partial charge in [0.15, 0.2) is 0 Å². The monoisotopic (exact) mass is 312 g/mol. The van der Waals surface area contributed by atoms with Crippen LogP contribution >= 0.6 is 23.2 Å². The van der Waals surface area contributed by atoms with E-state index in [-0.39, 0.29) is 5.02 Å². The minimum absolute atomic E-state index is 0.0743. The Morgan fingerprint density at radius 2 is 1.85 bits per heavy atom. The Balaban J connectivity index is 2.34. The molecule has 2 aromatic carbocycles. The lowest BCUT2D eigenvalue weighted by Crippen LogP contribution is -2.27. The molecule has 0 aliphatic carbocycles. The van der Waals surface area contributed by atoms with Gasteiger partial charge < -0.3 is 11.1 Å². The first kappa shape index (κ1) is 14.6. The molecular weight excluding hydrogens is 302 g/mol. The number of rotatable bonds is 4. The molecule has 2 rings (SSSR count). The lowest BCUT2D eigenvalue weighted by Gasteiger charge is -2.18. The average molecular weight is 313 g/mol. The summed E-state index contributed by atoms with van der Waals surface area (Å²) in [6.45, 7) is 0. The standard InChI is InChI=1S/C14H11Cl2FN2O/c15-9-3-1-2-4-12(9)19-13(14(18)20)8-5-6-11(17)10(16)7-8/h1-7,13,19H,(H2,18,20). The second-order valence-electron chi connectivity index (χ2n) is 4.13. The number of amides is 1. The Bertz CT molecular complexity index is 649. The molecule has 0 bridgehead atoms. The predicted octanol–water partition coefficient (Wildman–Crippen LogP) is 3.77. The Labute approximate surface area is 125 Å². The zero-order chi connectivity index (χ0) is 14.7. The van der Waals surface area contributed by atoms with Crippen LogP contribution in [0, 0.1) is 5.82 Å². The van der Waals surface area contributed by atoms with Crippen molar-refractivity contribution in [2.24, 2.45) is 5.73 Å². The lowest BCUT2D eigenvalue weighted by molar-refractivity contribution is -0.118. The van der Waals surface area contributed by atoms with Gasteiger partial charge in [-0.2, -0.15) is 0 Å². The van der Waals surface area contributed by atoms with Crippen LogP contribution in [0.15, 0.2) is 42.5 Å². The third-order valence-corrected chi connectivity index (χ3v) is 3.35. The maximum absolute atomic E-state index is 13.2. The number of anilines is 1. The van der Waals surface area contributed by atoms with Crippen LogP contribution in [0.4, 0.5) is 10.1 Å². The number of hydrogen-bond acceptors (Lipinski definition) is 2. The smallest absolute Gasteiger partial charge is 0.244 e. The number of hydrogen-bond donors (Lipinski definition) is 2. The predicted molar refractivity (Wildman–Crippen MR) is 78.4 cm³/mol. The zero-order valence-electron chi connectivity index (χ0n) is 10.2. The third kappa shape index (κ3) is 3.21. The summed E-state index contributed by atoms with van der Waals surface area (Å²) in [5.41, 5.74) is 6.39. The highest BCUT2D eigenvalue weighted by Crippen LogP contribution is 2.27. The normalized spacial score (nSPS) is 11.9. The SMILES string of the molecule is NC(=O)C(Nc1ccccc1Cl)c1ccc(F)c(Cl)c1. The van der Waals surface area contributed by atoms with Crippen LogP contribution < -0.4 is 11.1 Å². The molecule has 0 saturated carbocycles. The summed E-state index contributed by atoms with van der Waals surface area (Å²) in [7, 11) is 0. The summed E-state index contributed by atoms with van der Waals surface area (Å²) in [6.07, 6.45) is 0. The highest BCUT2D eigenvalue weighted by Gasteiger charge is 2.19. The molecule has 0 aliphatic rings. The largest absolute Gasteiger partial charge is 0.369 e. The van der Waals surface area contributed by atoms with Gasteiger partial charge in [0.1, 0.15) is 11.9 Å². The Morgan fingerprint density at radius 1 is 1.15 bits per heavy atom. The Kier molecular flexibility index (Phi) is 4.47. The van der Waals surface area contributed by atoms with Gasteiger partial charge in [0, 0.05) is 0 Å². The van der Waals surface area contributed by atoms with Gasteiger partial charge >= 0.3 is 0 Å². The number of halogens is 3. The van der Waals surface area contributed by atoms with Crippen molar-refractivity contribution >= 4 is 34.8 Å². The fraction of sp³-hybridized carbons (Fsp3) is 0.0714. The minimum atomic E-state index is -0.854. The van der Waals surface area contributed by atoms with Crippen molar-refractivity contribution < 1.29 is 9.18 Å².